The highest BCUT2D eigenvalue weighted by molar-refractivity contribution is 7.98. The number of hydrogen-bond donors (Lipinski definition) is 1. The summed E-state index contributed by atoms with van der Waals surface area (Å²) in [4.78, 5) is 21.1. The number of hydrogen-bond acceptors (Lipinski definition) is 4. The Morgan fingerprint density at radius 2 is 2.04 bits per heavy atom. The van der Waals surface area contributed by atoms with Gasteiger partial charge in [0.1, 0.15) is 0 Å². The zero-order chi connectivity index (χ0) is 17.2. The number of thioether (sulfide) groups is 1. The van der Waals surface area contributed by atoms with Crippen LogP contribution in [0.25, 0.3) is 0 Å². The number of nitrogens with one attached hydrogen (secondary N) is 1. The van der Waals surface area contributed by atoms with E-state index in [0.29, 0.717) is 18.8 Å². The Morgan fingerprint density at radius 3 is 2.67 bits per heavy atom. The van der Waals surface area contributed by atoms with Crippen LogP contribution in [0, 0.1) is 0 Å². The summed E-state index contributed by atoms with van der Waals surface area (Å²) < 4.78 is 5.20. The van der Waals surface area contributed by atoms with Gasteiger partial charge in [0, 0.05) is 39.3 Å². The fraction of sp³-hybridized carbons (Fsp3) is 0.647. The van der Waals surface area contributed by atoms with Crippen molar-refractivity contribution in [1.29, 1.82) is 0 Å². The first-order chi connectivity index (χ1) is 11.8. The van der Waals surface area contributed by atoms with E-state index in [-0.39, 0.29) is 5.91 Å². The molecule has 2 rings (SSSR count). The maximum absolute atomic E-state index is 12.3. The predicted octanol–water partition coefficient (Wildman–Crippen LogP) is 2.15. The van der Waals surface area contributed by atoms with Crippen LogP contribution >= 0.6 is 11.8 Å². The van der Waals surface area contributed by atoms with Crippen LogP contribution in [-0.2, 0) is 0 Å². The molecule has 1 fully saturated rings. The third-order valence-electron chi connectivity index (χ3n) is 3.95. The molecule has 1 N–H and O–H groups in total. The molecule has 0 aliphatic carbocycles. The molecule has 0 unspecified atom stereocenters. The second-order valence-corrected chi connectivity index (χ2v) is 6.68. The van der Waals surface area contributed by atoms with Crippen molar-refractivity contribution in [1.82, 2.24) is 15.1 Å². The van der Waals surface area contributed by atoms with E-state index in [0.717, 1.165) is 38.6 Å². The lowest BCUT2D eigenvalue weighted by Crippen LogP contribution is -2.53. The highest BCUT2D eigenvalue weighted by Crippen LogP contribution is 2.10. The van der Waals surface area contributed by atoms with Gasteiger partial charge in [-0.15, -0.1) is 0 Å². The number of piperazine rings is 1. The van der Waals surface area contributed by atoms with E-state index in [2.05, 4.69) is 23.4 Å². The molecule has 1 aliphatic rings. The Hall–Kier alpha value is -1.63. The van der Waals surface area contributed by atoms with Crippen LogP contribution in [0.3, 0.4) is 0 Å². The molecule has 6 nitrogen and oxygen atoms in total. The second-order valence-electron chi connectivity index (χ2n) is 5.69. The molecule has 0 atom stereocenters. The molecule has 1 aromatic heterocycles. The molecule has 1 aliphatic heterocycles. The third-order valence-corrected chi connectivity index (χ3v) is 4.65. The summed E-state index contributed by atoms with van der Waals surface area (Å²) in [6, 6.07) is 3.46. The van der Waals surface area contributed by atoms with Gasteiger partial charge in [-0.05, 0) is 43.9 Å². The van der Waals surface area contributed by atoms with Crippen molar-refractivity contribution in [2.45, 2.75) is 19.8 Å². The zero-order valence-electron chi connectivity index (χ0n) is 14.7. The van der Waals surface area contributed by atoms with Crippen LogP contribution in [0.2, 0.25) is 0 Å². The SMILES string of the molecule is CCNC(=NCCCCSC)N1CCN(C(=O)c2ccco2)CC1. The molecular weight excluding hydrogens is 324 g/mol. The lowest BCUT2D eigenvalue weighted by molar-refractivity contribution is 0.0657. The molecule has 1 aromatic rings. The van der Waals surface area contributed by atoms with Crippen molar-refractivity contribution >= 4 is 23.6 Å². The van der Waals surface area contributed by atoms with E-state index < -0.39 is 0 Å². The summed E-state index contributed by atoms with van der Waals surface area (Å²) >= 11 is 1.88. The standard InChI is InChI=1S/C17H28N4O2S/c1-3-18-17(19-8-4-5-14-24-2)21-11-9-20(10-12-21)16(22)15-7-6-13-23-15/h6-7,13H,3-5,8-12,14H2,1-2H3,(H,18,19). The minimum atomic E-state index is -0.0290. The van der Waals surface area contributed by atoms with Gasteiger partial charge in [0.2, 0.25) is 0 Å². The quantitative estimate of drug-likeness (QED) is 0.463. The van der Waals surface area contributed by atoms with E-state index in [1.807, 2.05) is 16.7 Å². The number of unbranched alkanes of at least 4 members (excludes halogenated alkanes) is 1. The van der Waals surface area contributed by atoms with E-state index in [4.69, 9.17) is 9.41 Å². The Morgan fingerprint density at radius 1 is 1.29 bits per heavy atom. The fourth-order valence-electron chi connectivity index (χ4n) is 2.65. The minimum absolute atomic E-state index is 0.0290. The minimum Gasteiger partial charge on any atom is -0.459 e. The molecule has 0 aromatic carbocycles. The van der Waals surface area contributed by atoms with Crippen LogP contribution in [-0.4, -0.2) is 72.9 Å². The molecular formula is C17H28N4O2S. The van der Waals surface area contributed by atoms with E-state index in [1.165, 1.54) is 18.4 Å². The van der Waals surface area contributed by atoms with Crippen LogP contribution in [0.4, 0.5) is 0 Å². The lowest BCUT2D eigenvalue weighted by Gasteiger charge is -2.36. The van der Waals surface area contributed by atoms with Gasteiger partial charge < -0.3 is 19.5 Å². The molecule has 1 saturated heterocycles. The number of rotatable bonds is 7. The molecule has 0 saturated carbocycles. The average Bonchev–Trinajstić information content (AvgIpc) is 3.15. The van der Waals surface area contributed by atoms with Crippen molar-refractivity contribution in [2.24, 2.45) is 4.99 Å². The molecule has 0 spiro atoms. The van der Waals surface area contributed by atoms with Crippen molar-refractivity contribution in [2.75, 3.05) is 51.3 Å². The van der Waals surface area contributed by atoms with Crippen LogP contribution in [0.1, 0.15) is 30.3 Å². The van der Waals surface area contributed by atoms with Gasteiger partial charge in [0.25, 0.3) is 5.91 Å². The first-order valence-electron chi connectivity index (χ1n) is 8.61. The summed E-state index contributed by atoms with van der Waals surface area (Å²) in [7, 11) is 0. The molecule has 0 bridgehead atoms. The van der Waals surface area contributed by atoms with Gasteiger partial charge in [0.15, 0.2) is 11.7 Å². The van der Waals surface area contributed by atoms with Crippen molar-refractivity contribution < 1.29 is 9.21 Å². The smallest absolute Gasteiger partial charge is 0.289 e. The fourth-order valence-corrected chi connectivity index (χ4v) is 3.14. The zero-order valence-corrected chi connectivity index (χ0v) is 15.5. The average molecular weight is 353 g/mol. The number of guanidine groups is 1. The van der Waals surface area contributed by atoms with Crippen LogP contribution < -0.4 is 5.32 Å². The Kier molecular flexibility index (Phi) is 8.01. The van der Waals surface area contributed by atoms with Crippen LogP contribution in [0.15, 0.2) is 27.8 Å². The number of aliphatic imine (C=N–C) groups is 1. The molecule has 1 amide bonds. The summed E-state index contributed by atoms with van der Waals surface area (Å²) in [6.45, 7) is 6.77. The van der Waals surface area contributed by atoms with E-state index in [1.54, 1.807) is 12.1 Å². The lowest BCUT2D eigenvalue weighted by atomic mass is 10.3. The maximum Gasteiger partial charge on any atom is 0.289 e. The van der Waals surface area contributed by atoms with Crippen LogP contribution in [0.5, 0.6) is 0 Å². The first-order valence-corrected chi connectivity index (χ1v) is 10.0. The highest BCUT2D eigenvalue weighted by Gasteiger charge is 2.24. The Balaban J connectivity index is 1.83. The van der Waals surface area contributed by atoms with E-state index in [9.17, 15) is 4.79 Å². The van der Waals surface area contributed by atoms with Gasteiger partial charge in [-0.1, -0.05) is 0 Å². The summed E-state index contributed by atoms with van der Waals surface area (Å²) in [5.74, 6) is 2.54. The largest absolute Gasteiger partial charge is 0.459 e. The van der Waals surface area contributed by atoms with Gasteiger partial charge in [-0.3, -0.25) is 9.79 Å². The van der Waals surface area contributed by atoms with Gasteiger partial charge in [-0.2, -0.15) is 11.8 Å². The van der Waals surface area contributed by atoms with Crippen molar-refractivity contribution in [3.63, 3.8) is 0 Å². The molecule has 0 radical (unpaired) electrons. The number of carbonyl (C=O) groups excluding carboxylic acids is 1. The third kappa shape index (κ3) is 5.47. The van der Waals surface area contributed by atoms with Crippen molar-refractivity contribution in [3.8, 4) is 0 Å². The van der Waals surface area contributed by atoms with Gasteiger partial charge >= 0.3 is 0 Å². The summed E-state index contributed by atoms with van der Waals surface area (Å²) in [6.07, 6.45) is 6.00. The number of amides is 1. The number of furan rings is 1. The maximum atomic E-state index is 12.3. The van der Waals surface area contributed by atoms with E-state index >= 15 is 0 Å². The monoisotopic (exact) mass is 352 g/mol. The predicted molar refractivity (Wildman–Crippen MR) is 99.8 cm³/mol. The molecule has 2 heterocycles. The first kappa shape index (κ1) is 18.7. The normalized spacial score (nSPS) is 15.7. The number of nitrogens with zero attached hydrogens (tertiary/aromatic N) is 3. The topological polar surface area (TPSA) is 61.1 Å². The van der Waals surface area contributed by atoms with Gasteiger partial charge in [0.05, 0.1) is 6.26 Å². The Labute approximate surface area is 148 Å². The molecule has 24 heavy (non-hydrogen) atoms. The Bertz CT molecular complexity index is 511. The summed E-state index contributed by atoms with van der Waals surface area (Å²) in [5, 5.41) is 3.36. The molecule has 7 heteroatoms. The second kappa shape index (κ2) is 10.3. The number of carbonyl (C=O) groups is 1. The molecule has 134 valence electrons. The van der Waals surface area contributed by atoms with Crippen molar-refractivity contribution in [3.05, 3.63) is 24.2 Å². The highest BCUT2D eigenvalue weighted by atomic mass is 32.2. The summed E-state index contributed by atoms with van der Waals surface area (Å²) in [5.41, 5.74) is 0. The van der Waals surface area contributed by atoms with Gasteiger partial charge in [-0.25, -0.2) is 0 Å².